The van der Waals surface area contributed by atoms with Gasteiger partial charge in [-0.2, -0.15) is 0 Å². The molecule has 0 aliphatic heterocycles. The summed E-state index contributed by atoms with van der Waals surface area (Å²) in [5.41, 5.74) is 2.55. The summed E-state index contributed by atoms with van der Waals surface area (Å²) in [5, 5.41) is 9.28. The molecular formula is C12H15N3O2. The van der Waals surface area contributed by atoms with Gasteiger partial charge in [-0.15, -0.1) is 0 Å². The third-order valence-electron chi connectivity index (χ3n) is 2.67. The SMILES string of the molecule is CCCc1nc2nc(C)cc(C)n2c1C(=O)O. The molecule has 2 aromatic rings. The van der Waals surface area contributed by atoms with Crippen molar-refractivity contribution in [3.05, 3.63) is 28.8 Å². The Bertz CT molecular complexity index is 587. The van der Waals surface area contributed by atoms with E-state index in [1.807, 2.05) is 26.8 Å². The van der Waals surface area contributed by atoms with E-state index >= 15 is 0 Å². The van der Waals surface area contributed by atoms with Crippen LogP contribution < -0.4 is 0 Å². The molecular weight excluding hydrogens is 218 g/mol. The van der Waals surface area contributed by atoms with E-state index in [-0.39, 0.29) is 5.69 Å². The van der Waals surface area contributed by atoms with Gasteiger partial charge in [0, 0.05) is 11.4 Å². The van der Waals surface area contributed by atoms with Crippen molar-refractivity contribution < 1.29 is 9.90 Å². The lowest BCUT2D eigenvalue weighted by molar-refractivity contribution is 0.0687. The van der Waals surface area contributed by atoms with E-state index in [1.165, 1.54) is 0 Å². The summed E-state index contributed by atoms with van der Waals surface area (Å²) < 4.78 is 1.61. The van der Waals surface area contributed by atoms with Gasteiger partial charge < -0.3 is 5.11 Å². The number of fused-ring (bicyclic) bond motifs is 1. The highest BCUT2D eigenvalue weighted by Crippen LogP contribution is 2.16. The van der Waals surface area contributed by atoms with Crippen molar-refractivity contribution in [3.63, 3.8) is 0 Å². The molecule has 90 valence electrons. The first kappa shape index (κ1) is 11.6. The van der Waals surface area contributed by atoms with Crippen LogP contribution in [-0.4, -0.2) is 25.4 Å². The van der Waals surface area contributed by atoms with Crippen LogP contribution in [0.15, 0.2) is 6.07 Å². The van der Waals surface area contributed by atoms with Crippen molar-refractivity contribution in [1.82, 2.24) is 14.4 Å². The molecule has 2 aromatic heterocycles. The molecule has 0 fully saturated rings. The topological polar surface area (TPSA) is 67.5 Å². The Morgan fingerprint density at radius 1 is 1.41 bits per heavy atom. The highest BCUT2D eigenvalue weighted by atomic mass is 16.4. The van der Waals surface area contributed by atoms with E-state index in [0.717, 1.165) is 17.8 Å². The van der Waals surface area contributed by atoms with Crippen molar-refractivity contribution in [2.24, 2.45) is 0 Å². The molecule has 0 unspecified atom stereocenters. The first-order chi connectivity index (χ1) is 8.04. The van der Waals surface area contributed by atoms with Crippen molar-refractivity contribution >= 4 is 11.7 Å². The molecule has 0 aliphatic carbocycles. The van der Waals surface area contributed by atoms with Crippen LogP contribution in [-0.2, 0) is 6.42 Å². The van der Waals surface area contributed by atoms with Crippen molar-refractivity contribution in [1.29, 1.82) is 0 Å². The maximum Gasteiger partial charge on any atom is 0.354 e. The lowest BCUT2D eigenvalue weighted by Gasteiger charge is -2.03. The highest BCUT2D eigenvalue weighted by molar-refractivity contribution is 5.88. The van der Waals surface area contributed by atoms with Crippen LogP contribution in [0.25, 0.3) is 5.78 Å². The molecule has 0 aromatic carbocycles. The molecule has 2 rings (SSSR count). The fourth-order valence-corrected chi connectivity index (χ4v) is 2.05. The Morgan fingerprint density at radius 2 is 2.12 bits per heavy atom. The van der Waals surface area contributed by atoms with Crippen LogP contribution in [0.4, 0.5) is 0 Å². The van der Waals surface area contributed by atoms with Gasteiger partial charge in [0.05, 0.1) is 5.69 Å². The minimum absolute atomic E-state index is 0.242. The Morgan fingerprint density at radius 3 is 2.71 bits per heavy atom. The second kappa shape index (κ2) is 4.16. The first-order valence-corrected chi connectivity index (χ1v) is 5.63. The number of carboxylic acid groups (broad SMARTS) is 1. The number of hydrogen-bond acceptors (Lipinski definition) is 3. The second-order valence-electron chi connectivity index (χ2n) is 4.14. The Hall–Kier alpha value is -1.91. The number of nitrogens with zero attached hydrogens (tertiary/aromatic N) is 3. The maximum atomic E-state index is 11.3. The number of imidazole rings is 1. The third-order valence-corrected chi connectivity index (χ3v) is 2.67. The monoisotopic (exact) mass is 233 g/mol. The van der Waals surface area contributed by atoms with Gasteiger partial charge >= 0.3 is 5.97 Å². The van der Waals surface area contributed by atoms with Gasteiger partial charge in [-0.25, -0.2) is 14.8 Å². The van der Waals surface area contributed by atoms with Crippen LogP contribution in [0, 0.1) is 13.8 Å². The quantitative estimate of drug-likeness (QED) is 0.880. The number of aromatic nitrogens is 3. The van der Waals surface area contributed by atoms with E-state index in [1.54, 1.807) is 4.40 Å². The number of hydrogen-bond donors (Lipinski definition) is 1. The molecule has 0 saturated carbocycles. The summed E-state index contributed by atoms with van der Waals surface area (Å²) in [6.07, 6.45) is 1.52. The summed E-state index contributed by atoms with van der Waals surface area (Å²) in [5.74, 6) is -0.474. The Kier molecular flexibility index (Phi) is 2.83. The van der Waals surface area contributed by atoms with E-state index in [9.17, 15) is 9.90 Å². The molecule has 5 heteroatoms. The fourth-order valence-electron chi connectivity index (χ4n) is 2.05. The zero-order chi connectivity index (χ0) is 12.6. The number of aromatic carboxylic acids is 1. The summed E-state index contributed by atoms with van der Waals surface area (Å²) in [4.78, 5) is 19.9. The van der Waals surface area contributed by atoms with Crippen molar-refractivity contribution in [3.8, 4) is 0 Å². The molecule has 1 N–H and O–H groups in total. The lowest BCUT2D eigenvalue weighted by atomic mass is 10.2. The Labute approximate surface area is 99.1 Å². The lowest BCUT2D eigenvalue weighted by Crippen LogP contribution is -2.08. The van der Waals surface area contributed by atoms with Gasteiger partial charge in [-0.1, -0.05) is 13.3 Å². The number of carboxylic acids is 1. The zero-order valence-electron chi connectivity index (χ0n) is 10.2. The number of aryl methyl sites for hydroxylation is 3. The van der Waals surface area contributed by atoms with Gasteiger partial charge in [0.1, 0.15) is 0 Å². The van der Waals surface area contributed by atoms with Crippen LogP contribution in [0.5, 0.6) is 0 Å². The van der Waals surface area contributed by atoms with Gasteiger partial charge in [-0.3, -0.25) is 4.40 Å². The van der Waals surface area contributed by atoms with Crippen LogP contribution in [0.1, 0.15) is 40.9 Å². The van der Waals surface area contributed by atoms with Gasteiger partial charge in [0.15, 0.2) is 5.69 Å². The van der Waals surface area contributed by atoms with Gasteiger partial charge in [0.25, 0.3) is 0 Å². The average Bonchev–Trinajstić information content (AvgIpc) is 2.56. The predicted molar refractivity (Wildman–Crippen MR) is 63.4 cm³/mol. The smallest absolute Gasteiger partial charge is 0.354 e. The zero-order valence-corrected chi connectivity index (χ0v) is 10.2. The van der Waals surface area contributed by atoms with Crippen LogP contribution >= 0.6 is 0 Å². The predicted octanol–water partition coefficient (Wildman–Crippen LogP) is 2.00. The highest BCUT2D eigenvalue weighted by Gasteiger charge is 2.19. The fraction of sp³-hybridized carbons (Fsp3) is 0.417. The van der Waals surface area contributed by atoms with E-state index in [2.05, 4.69) is 9.97 Å². The molecule has 0 radical (unpaired) electrons. The van der Waals surface area contributed by atoms with Crippen LogP contribution in [0.2, 0.25) is 0 Å². The second-order valence-corrected chi connectivity index (χ2v) is 4.14. The number of carbonyl (C=O) groups is 1. The molecule has 0 bridgehead atoms. The van der Waals surface area contributed by atoms with Crippen molar-refractivity contribution in [2.45, 2.75) is 33.6 Å². The molecule has 0 amide bonds. The summed E-state index contributed by atoms with van der Waals surface area (Å²) in [7, 11) is 0. The molecule has 0 spiro atoms. The maximum absolute atomic E-state index is 11.3. The Balaban J connectivity index is 2.80. The van der Waals surface area contributed by atoms with Crippen molar-refractivity contribution in [2.75, 3.05) is 0 Å². The standard InChI is InChI=1S/C12H15N3O2/c1-4-5-9-10(11(16)17)15-8(3)6-7(2)13-12(15)14-9/h6H,4-5H2,1-3H3,(H,16,17). The van der Waals surface area contributed by atoms with Gasteiger partial charge in [-0.05, 0) is 26.3 Å². The molecule has 5 nitrogen and oxygen atoms in total. The first-order valence-electron chi connectivity index (χ1n) is 5.63. The normalized spacial score (nSPS) is 11.0. The third kappa shape index (κ3) is 1.88. The summed E-state index contributed by atoms with van der Waals surface area (Å²) in [6.45, 7) is 5.74. The molecule has 0 saturated heterocycles. The molecule has 17 heavy (non-hydrogen) atoms. The average molecular weight is 233 g/mol. The minimum Gasteiger partial charge on any atom is -0.477 e. The van der Waals surface area contributed by atoms with E-state index < -0.39 is 5.97 Å². The summed E-state index contributed by atoms with van der Waals surface area (Å²) in [6, 6.07) is 1.86. The molecule has 0 aliphatic rings. The minimum atomic E-state index is -0.949. The van der Waals surface area contributed by atoms with Gasteiger partial charge in [0.2, 0.25) is 5.78 Å². The van der Waals surface area contributed by atoms with E-state index in [4.69, 9.17) is 0 Å². The number of rotatable bonds is 3. The van der Waals surface area contributed by atoms with Crippen LogP contribution in [0.3, 0.4) is 0 Å². The van der Waals surface area contributed by atoms with E-state index in [0.29, 0.717) is 17.9 Å². The summed E-state index contributed by atoms with van der Waals surface area (Å²) >= 11 is 0. The molecule has 2 heterocycles. The molecule has 0 atom stereocenters. The largest absolute Gasteiger partial charge is 0.477 e.